The number of hydrogen-bond acceptors (Lipinski definition) is 4. The maximum absolute atomic E-state index is 15.9. The van der Waals surface area contributed by atoms with Gasteiger partial charge in [0.1, 0.15) is 11.2 Å². The largest absolute Gasteiger partial charge is 0.381 e. The van der Waals surface area contributed by atoms with Crippen LogP contribution in [0.1, 0.15) is 68.9 Å². The van der Waals surface area contributed by atoms with Gasteiger partial charge in [-0.25, -0.2) is 4.39 Å². The summed E-state index contributed by atoms with van der Waals surface area (Å²) in [6, 6.07) is 9.49. The van der Waals surface area contributed by atoms with Gasteiger partial charge in [0.25, 0.3) is 0 Å². The molecule has 1 aliphatic carbocycles. The van der Waals surface area contributed by atoms with Crippen LogP contribution in [-0.4, -0.2) is 36.5 Å². The lowest BCUT2D eigenvalue weighted by Crippen LogP contribution is -2.61. The van der Waals surface area contributed by atoms with Crippen molar-refractivity contribution >= 4 is 40.6 Å². The molecule has 2 saturated heterocycles. The molecule has 2 aromatic rings. The van der Waals surface area contributed by atoms with E-state index in [1.807, 2.05) is 6.07 Å². The molecule has 0 aromatic heterocycles. The van der Waals surface area contributed by atoms with Crippen LogP contribution >= 0.6 is 23.2 Å². The Labute approximate surface area is 232 Å². The van der Waals surface area contributed by atoms with Crippen molar-refractivity contribution in [2.24, 2.45) is 11.8 Å². The number of benzene rings is 2. The minimum Gasteiger partial charge on any atom is -0.381 e. The van der Waals surface area contributed by atoms with Crippen molar-refractivity contribution in [3.05, 3.63) is 63.4 Å². The van der Waals surface area contributed by atoms with Gasteiger partial charge in [0.2, 0.25) is 5.91 Å². The molecule has 38 heavy (non-hydrogen) atoms. The number of halogens is 3. The number of ether oxygens (including phenoxy) is 1. The van der Waals surface area contributed by atoms with Crippen molar-refractivity contribution in [1.82, 2.24) is 5.32 Å². The van der Waals surface area contributed by atoms with Gasteiger partial charge >= 0.3 is 0 Å². The molecule has 5 nitrogen and oxygen atoms in total. The standard InChI is InChI=1S/C30H33Cl2FN2O3/c1-17-5-7-18(8-6-17)15-24(36)27-25(20-3-2-4-22(32)26(20)33)30(29(35-27)11-13-38-14-12-29)21-10-9-19(31)16-23(21)34-28(30)37/h2-4,9-10,16-18,25,27,35H,5-8,11-15H2,1H3,(H,34,37)/t17?,18?,25-,27-,30-/m0/s1. The number of carbonyl (C=O) groups excluding carboxylic acids is 2. The third-order valence-electron chi connectivity index (χ3n) is 9.63. The van der Waals surface area contributed by atoms with Crippen LogP contribution in [0, 0.1) is 17.7 Å². The summed E-state index contributed by atoms with van der Waals surface area (Å²) in [6.07, 6.45) is 5.72. The van der Waals surface area contributed by atoms with Crippen LogP contribution in [0.2, 0.25) is 10.0 Å². The Morgan fingerprint density at radius 3 is 2.58 bits per heavy atom. The average molecular weight is 560 g/mol. The first-order chi connectivity index (χ1) is 18.3. The highest BCUT2D eigenvalue weighted by Gasteiger charge is 2.72. The van der Waals surface area contributed by atoms with E-state index in [9.17, 15) is 9.59 Å². The van der Waals surface area contributed by atoms with Crippen LogP contribution in [0.3, 0.4) is 0 Å². The Kier molecular flexibility index (Phi) is 6.83. The van der Waals surface area contributed by atoms with Crippen molar-refractivity contribution in [3.8, 4) is 0 Å². The van der Waals surface area contributed by atoms with E-state index in [1.165, 1.54) is 6.07 Å². The predicted octanol–water partition coefficient (Wildman–Crippen LogP) is 6.41. The second-order valence-electron chi connectivity index (χ2n) is 11.7. The van der Waals surface area contributed by atoms with Crippen LogP contribution < -0.4 is 10.6 Å². The summed E-state index contributed by atoms with van der Waals surface area (Å²) in [6.45, 7) is 3.14. The molecule has 3 heterocycles. The van der Waals surface area contributed by atoms with E-state index >= 15 is 4.39 Å². The molecule has 2 spiro atoms. The second-order valence-corrected chi connectivity index (χ2v) is 12.5. The van der Waals surface area contributed by atoms with E-state index < -0.39 is 28.7 Å². The van der Waals surface area contributed by atoms with E-state index in [2.05, 4.69) is 17.6 Å². The molecule has 0 bridgehead atoms. The zero-order chi connectivity index (χ0) is 26.7. The maximum atomic E-state index is 15.9. The second kappa shape index (κ2) is 9.88. The van der Waals surface area contributed by atoms with Gasteiger partial charge in [-0.3, -0.25) is 14.9 Å². The van der Waals surface area contributed by atoms with Crippen LogP contribution in [0.15, 0.2) is 36.4 Å². The van der Waals surface area contributed by atoms with Gasteiger partial charge in [0, 0.05) is 41.8 Å². The fourth-order valence-corrected chi connectivity index (χ4v) is 8.13. The van der Waals surface area contributed by atoms with E-state index in [0.717, 1.165) is 31.2 Å². The molecule has 0 unspecified atom stereocenters. The number of nitrogens with one attached hydrogen (secondary N) is 2. The van der Waals surface area contributed by atoms with Crippen LogP contribution in [-0.2, 0) is 19.7 Å². The van der Waals surface area contributed by atoms with Gasteiger partial charge < -0.3 is 10.1 Å². The molecule has 3 fully saturated rings. The van der Waals surface area contributed by atoms with E-state index in [0.29, 0.717) is 60.6 Å². The van der Waals surface area contributed by atoms with Gasteiger partial charge in [0.15, 0.2) is 5.78 Å². The Hall–Kier alpha value is -1.99. The van der Waals surface area contributed by atoms with Gasteiger partial charge in [-0.05, 0) is 66.8 Å². The van der Waals surface area contributed by atoms with Crippen molar-refractivity contribution in [2.45, 2.75) is 74.8 Å². The number of Topliss-reactive ketones (excluding diaryl/α,β-unsaturated/α-hetero) is 1. The third-order valence-corrected chi connectivity index (χ3v) is 10.2. The summed E-state index contributed by atoms with van der Waals surface area (Å²) < 4.78 is 21.6. The fraction of sp³-hybridized carbons (Fsp3) is 0.533. The number of fused-ring (bicyclic) bond motifs is 3. The minimum absolute atomic E-state index is 0.0206. The quantitative estimate of drug-likeness (QED) is 0.454. The number of carbonyl (C=O) groups is 2. The molecule has 2 N–H and O–H groups in total. The normalized spacial score (nSPS) is 31.9. The number of amides is 1. The molecular formula is C30H33Cl2FN2O3. The average Bonchev–Trinajstić information content (AvgIpc) is 3.35. The molecular weight excluding hydrogens is 526 g/mol. The number of rotatable bonds is 4. The van der Waals surface area contributed by atoms with Gasteiger partial charge in [-0.1, -0.05) is 61.2 Å². The fourth-order valence-electron chi connectivity index (χ4n) is 7.78. The summed E-state index contributed by atoms with van der Waals surface area (Å²) in [5.41, 5.74) is -0.384. The first-order valence-corrected chi connectivity index (χ1v) is 14.5. The number of anilines is 1. The summed E-state index contributed by atoms with van der Waals surface area (Å²) >= 11 is 12.6. The number of ketones is 1. The van der Waals surface area contributed by atoms with Crippen molar-refractivity contribution in [1.29, 1.82) is 0 Å². The summed E-state index contributed by atoms with van der Waals surface area (Å²) in [5, 5.41) is 7.21. The molecule has 0 radical (unpaired) electrons. The molecule has 6 rings (SSSR count). The SMILES string of the molecule is CC1CCC(CC(=O)[C@@H]2NC3(CCOCC3)[C@]3(C(=O)Nc4cc(Cl)ccc43)[C@H]2c2cccc(Cl)c2F)CC1. The summed E-state index contributed by atoms with van der Waals surface area (Å²) in [5.74, 6) is -0.586. The molecule has 202 valence electrons. The van der Waals surface area contributed by atoms with Crippen molar-refractivity contribution in [2.75, 3.05) is 18.5 Å². The molecule has 1 amide bonds. The summed E-state index contributed by atoms with van der Waals surface area (Å²) in [4.78, 5) is 28.5. The molecule has 1 saturated carbocycles. The highest BCUT2D eigenvalue weighted by atomic mass is 35.5. The van der Waals surface area contributed by atoms with E-state index in [-0.39, 0.29) is 16.7 Å². The first kappa shape index (κ1) is 26.2. The van der Waals surface area contributed by atoms with Crippen LogP contribution in [0.25, 0.3) is 0 Å². The molecule has 3 aliphatic heterocycles. The van der Waals surface area contributed by atoms with Gasteiger partial charge in [0.05, 0.1) is 11.1 Å². The van der Waals surface area contributed by atoms with Crippen molar-refractivity contribution in [3.63, 3.8) is 0 Å². The van der Waals surface area contributed by atoms with Crippen LogP contribution in [0.4, 0.5) is 10.1 Å². The predicted molar refractivity (Wildman–Crippen MR) is 146 cm³/mol. The molecule has 3 atom stereocenters. The Morgan fingerprint density at radius 2 is 1.84 bits per heavy atom. The minimum atomic E-state index is -1.23. The van der Waals surface area contributed by atoms with E-state index in [4.69, 9.17) is 27.9 Å². The van der Waals surface area contributed by atoms with Crippen molar-refractivity contribution < 1.29 is 18.7 Å². The molecule has 8 heteroatoms. The maximum Gasteiger partial charge on any atom is 0.237 e. The number of hydrogen-bond donors (Lipinski definition) is 2. The van der Waals surface area contributed by atoms with Gasteiger partial charge in [-0.2, -0.15) is 0 Å². The Balaban J connectivity index is 1.53. The van der Waals surface area contributed by atoms with Gasteiger partial charge in [-0.15, -0.1) is 0 Å². The zero-order valence-corrected chi connectivity index (χ0v) is 23.0. The smallest absolute Gasteiger partial charge is 0.237 e. The Morgan fingerprint density at radius 1 is 1.11 bits per heavy atom. The highest BCUT2D eigenvalue weighted by Crippen LogP contribution is 2.62. The van der Waals surface area contributed by atoms with E-state index in [1.54, 1.807) is 24.3 Å². The first-order valence-electron chi connectivity index (χ1n) is 13.7. The molecule has 4 aliphatic rings. The summed E-state index contributed by atoms with van der Waals surface area (Å²) in [7, 11) is 0. The van der Waals surface area contributed by atoms with Crippen LogP contribution in [0.5, 0.6) is 0 Å². The highest BCUT2D eigenvalue weighted by molar-refractivity contribution is 6.31. The lowest BCUT2D eigenvalue weighted by molar-refractivity contribution is -0.125. The molecule has 2 aromatic carbocycles. The zero-order valence-electron chi connectivity index (χ0n) is 21.5. The topological polar surface area (TPSA) is 67.4 Å². The monoisotopic (exact) mass is 558 g/mol. The lowest BCUT2D eigenvalue weighted by atomic mass is 9.56. The lowest BCUT2D eigenvalue weighted by Gasteiger charge is -2.46. The Bertz CT molecular complexity index is 1270. The third kappa shape index (κ3) is 3.94.